The Morgan fingerprint density at radius 2 is 1.69 bits per heavy atom. The lowest BCUT2D eigenvalue weighted by molar-refractivity contribution is 0.414. The predicted molar refractivity (Wildman–Crippen MR) is 73.5 cm³/mol. The molecule has 0 spiro atoms. The van der Waals surface area contributed by atoms with Crippen LogP contribution in [0.5, 0.6) is 0 Å². The first-order chi connectivity index (χ1) is 7.76. The lowest BCUT2D eigenvalue weighted by Gasteiger charge is -2.26. The maximum atomic E-state index is 2.58. The van der Waals surface area contributed by atoms with Crippen molar-refractivity contribution in [2.75, 3.05) is 0 Å². The van der Waals surface area contributed by atoms with E-state index in [0.29, 0.717) is 5.92 Å². The number of rotatable bonds is 6. The minimum absolute atomic E-state index is 0.708. The van der Waals surface area contributed by atoms with Crippen LogP contribution >= 0.6 is 0 Å². The van der Waals surface area contributed by atoms with Crippen molar-refractivity contribution in [1.82, 2.24) is 0 Å². The van der Waals surface area contributed by atoms with E-state index >= 15 is 0 Å². The molecule has 0 aromatic heterocycles. The first-order valence-electron chi connectivity index (χ1n) is 7.13. The van der Waals surface area contributed by atoms with Gasteiger partial charge in [-0.15, -0.1) is 0 Å². The van der Waals surface area contributed by atoms with Crippen molar-refractivity contribution in [1.29, 1.82) is 0 Å². The largest absolute Gasteiger partial charge is 0.0839 e. The van der Waals surface area contributed by atoms with Crippen molar-refractivity contribution in [3.8, 4) is 0 Å². The van der Waals surface area contributed by atoms with Gasteiger partial charge in [0.25, 0.3) is 0 Å². The zero-order valence-corrected chi connectivity index (χ0v) is 11.5. The quantitative estimate of drug-likeness (QED) is 0.528. The molecule has 0 aromatic carbocycles. The van der Waals surface area contributed by atoms with E-state index in [9.17, 15) is 0 Å². The molecule has 0 saturated carbocycles. The number of allylic oxidation sites excluding steroid dienone is 4. The van der Waals surface area contributed by atoms with Crippen LogP contribution in [-0.4, -0.2) is 0 Å². The Balaban J connectivity index is 2.74. The predicted octanol–water partition coefficient (Wildman–Crippen LogP) is 5.36. The summed E-state index contributed by atoms with van der Waals surface area (Å²) in [6.07, 6.45) is 13.8. The third-order valence-electron chi connectivity index (χ3n) is 4.22. The molecule has 0 N–H and O–H groups in total. The van der Waals surface area contributed by atoms with Crippen molar-refractivity contribution in [2.24, 2.45) is 17.8 Å². The van der Waals surface area contributed by atoms with Crippen LogP contribution in [-0.2, 0) is 0 Å². The Morgan fingerprint density at radius 3 is 2.19 bits per heavy atom. The molecule has 1 atom stereocenters. The molecule has 1 rings (SSSR count). The number of hydrogen-bond donors (Lipinski definition) is 0. The SMILES string of the molecule is CCC(CC)C1=CC(C(CC)CC)C=CC1. The van der Waals surface area contributed by atoms with E-state index in [1.54, 1.807) is 5.57 Å². The van der Waals surface area contributed by atoms with Crippen molar-refractivity contribution >= 4 is 0 Å². The van der Waals surface area contributed by atoms with Gasteiger partial charge in [0.2, 0.25) is 0 Å². The molecule has 0 aliphatic heterocycles. The molecule has 0 aromatic rings. The van der Waals surface area contributed by atoms with Crippen LogP contribution in [0.1, 0.15) is 59.8 Å². The molecule has 0 heterocycles. The molecule has 0 bridgehead atoms. The maximum Gasteiger partial charge on any atom is -0.00224 e. The summed E-state index contributed by atoms with van der Waals surface area (Å²) in [6, 6.07) is 0. The normalized spacial score (nSPS) is 20.6. The van der Waals surface area contributed by atoms with E-state index in [0.717, 1.165) is 11.8 Å². The first kappa shape index (κ1) is 13.5. The first-order valence-corrected chi connectivity index (χ1v) is 7.13. The third-order valence-corrected chi connectivity index (χ3v) is 4.22. The second-order valence-corrected chi connectivity index (χ2v) is 5.04. The lowest BCUT2D eigenvalue weighted by atomic mass is 9.79. The summed E-state index contributed by atoms with van der Waals surface area (Å²) in [4.78, 5) is 0. The Morgan fingerprint density at radius 1 is 1.06 bits per heavy atom. The summed E-state index contributed by atoms with van der Waals surface area (Å²) >= 11 is 0. The third kappa shape index (κ3) is 3.23. The van der Waals surface area contributed by atoms with Gasteiger partial charge in [-0.25, -0.2) is 0 Å². The van der Waals surface area contributed by atoms with Gasteiger partial charge < -0.3 is 0 Å². The summed E-state index contributed by atoms with van der Waals surface area (Å²) in [7, 11) is 0. The fourth-order valence-corrected chi connectivity index (χ4v) is 2.97. The highest BCUT2D eigenvalue weighted by molar-refractivity contribution is 5.21. The zero-order chi connectivity index (χ0) is 12.0. The van der Waals surface area contributed by atoms with Gasteiger partial charge in [-0.05, 0) is 37.0 Å². The van der Waals surface area contributed by atoms with Gasteiger partial charge in [-0.3, -0.25) is 0 Å². The van der Waals surface area contributed by atoms with Crippen LogP contribution in [0.3, 0.4) is 0 Å². The molecule has 0 amide bonds. The average Bonchev–Trinajstić information content (AvgIpc) is 2.33. The molecule has 16 heavy (non-hydrogen) atoms. The van der Waals surface area contributed by atoms with Crippen LogP contribution in [0, 0.1) is 17.8 Å². The molecule has 1 aliphatic rings. The molecular formula is C16H28. The topological polar surface area (TPSA) is 0 Å². The number of hydrogen-bond acceptors (Lipinski definition) is 0. The van der Waals surface area contributed by atoms with Crippen LogP contribution in [0.25, 0.3) is 0 Å². The van der Waals surface area contributed by atoms with E-state index in [2.05, 4.69) is 45.9 Å². The Kier molecular flexibility index (Phi) is 5.87. The summed E-state index contributed by atoms with van der Waals surface area (Å²) in [5.74, 6) is 2.38. The Hall–Kier alpha value is -0.520. The molecular weight excluding hydrogens is 192 g/mol. The molecule has 0 nitrogen and oxygen atoms in total. The Bertz CT molecular complexity index is 239. The van der Waals surface area contributed by atoms with Crippen LogP contribution in [0.2, 0.25) is 0 Å². The summed E-state index contributed by atoms with van der Waals surface area (Å²) in [6.45, 7) is 9.28. The molecule has 0 radical (unpaired) electrons. The van der Waals surface area contributed by atoms with Crippen LogP contribution in [0.4, 0.5) is 0 Å². The summed E-state index contributed by atoms with van der Waals surface area (Å²) in [5.41, 5.74) is 1.70. The monoisotopic (exact) mass is 220 g/mol. The van der Waals surface area contributed by atoms with Gasteiger partial charge >= 0.3 is 0 Å². The summed E-state index contributed by atoms with van der Waals surface area (Å²) in [5, 5.41) is 0. The molecule has 1 unspecified atom stereocenters. The van der Waals surface area contributed by atoms with Crippen molar-refractivity contribution in [3.05, 3.63) is 23.8 Å². The minimum atomic E-state index is 0.708. The second kappa shape index (κ2) is 6.93. The molecule has 0 fully saturated rings. The second-order valence-electron chi connectivity index (χ2n) is 5.04. The van der Waals surface area contributed by atoms with Crippen LogP contribution < -0.4 is 0 Å². The highest BCUT2D eigenvalue weighted by Gasteiger charge is 2.19. The van der Waals surface area contributed by atoms with E-state index in [-0.39, 0.29) is 0 Å². The van der Waals surface area contributed by atoms with Crippen molar-refractivity contribution < 1.29 is 0 Å². The van der Waals surface area contributed by atoms with E-state index in [1.165, 1.54) is 32.1 Å². The lowest BCUT2D eigenvalue weighted by Crippen LogP contribution is -2.14. The average molecular weight is 220 g/mol. The highest BCUT2D eigenvalue weighted by Crippen LogP contribution is 2.32. The molecule has 92 valence electrons. The van der Waals surface area contributed by atoms with Gasteiger partial charge in [0, 0.05) is 0 Å². The minimum Gasteiger partial charge on any atom is -0.0839 e. The fraction of sp³-hybridized carbons (Fsp3) is 0.750. The van der Waals surface area contributed by atoms with Gasteiger partial charge in [0.15, 0.2) is 0 Å². The van der Waals surface area contributed by atoms with Gasteiger partial charge in [0.05, 0.1) is 0 Å². The van der Waals surface area contributed by atoms with Gasteiger partial charge in [0.1, 0.15) is 0 Å². The summed E-state index contributed by atoms with van der Waals surface area (Å²) < 4.78 is 0. The van der Waals surface area contributed by atoms with Crippen LogP contribution in [0.15, 0.2) is 23.8 Å². The maximum absolute atomic E-state index is 2.58. The van der Waals surface area contributed by atoms with Gasteiger partial charge in [-0.2, -0.15) is 0 Å². The Labute approximate surface area is 102 Å². The van der Waals surface area contributed by atoms with Crippen molar-refractivity contribution in [2.45, 2.75) is 59.8 Å². The fourth-order valence-electron chi connectivity index (χ4n) is 2.97. The standard InChI is InChI=1S/C16H28/c1-5-13(6-2)15-10-9-11-16(12-15)14(7-3)8-4/h9-10,12-15H,5-8,11H2,1-4H3. The van der Waals surface area contributed by atoms with E-state index in [4.69, 9.17) is 0 Å². The van der Waals surface area contributed by atoms with E-state index < -0.39 is 0 Å². The highest BCUT2D eigenvalue weighted by atomic mass is 14.2. The molecule has 0 heteroatoms. The molecule has 1 aliphatic carbocycles. The zero-order valence-electron chi connectivity index (χ0n) is 11.5. The van der Waals surface area contributed by atoms with E-state index in [1.807, 2.05) is 0 Å². The smallest absolute Gasteiger partial charge is 0.00224 e. The van der Waals surface area contributed by atoms with Gasteiger partial charge in [-0.1, -0.05) is 64.3 Å². The molecule has 0 saturated heterocycles. The van der Waals surface area contributed by atoms with Crippen molar-refractivity contribution in [3.63, 3.8) is 0 Å².